The average Bonchev–Trinajstić information content (AvgIpc) is 3.26. The van der Waals surface area contributed by atoms with Crippen LogP contribution in [0.2, 0.25) is 0 Å². The number of imidazole rings is 1. The van der Waals surface area contributed by atoms with Gasteiger partial charge in [0.05, 0.1) is 29.1 Å². The lowest BCUT2D eigenvalue weighted by Gasteiger charge is -2.20. The highest BCUT2D eigenvalue weighted by atomic mass is 19.1. The number of benzene rings is 1. The van der Waals surface area contributed by atoms with Crippen LogP contribution in [0, 0.1) is 5.82 Å². The molecule has 0 saturated carbocycles. The van der Waals surface area contributed by atoms with Crippen LogP contribution < -0.4 is 5.32 Å². The zero-order chi connectivity index (χ0) is 16.7. The SMILES string of the molecule is Cn1nccc1[C@H]1OCC[C@@H]1NC(=O)c1cc(F)cc2[nH]cnc12. The predicted octanol–water partition coefficient (Wildman–Crippen LogP) is 1.70. The highest BCUT2D eigenvalue weighted by molar-refractivity contribution is 6.04. The van der Waals surface area contributed by atoms with Crippen molar-refractivity contribution in [1.29, 1.82) is 0 Å². The molecule has 2 N–H and O–H groups in total. The first-order valence-electron chi connectivity index (χ1n) is 7.66. The van der Waals surface area contributed by atoms with Gasteiger partial charge in [-0.2, -0.15) is 5.10 Å². The van der Waals surface area contributed by atoms with Crippen LogP contribution in [0.3, 0.4) is 0 Å². The lowest BCUT2D eigenvalue weighted by atomic mass is 10.1. The van der Waals surface area contributed by atoms with E-state index >= 15 is 0 Å². The van der Waals surface area contributed by atoms with Gasteiger partial charge in [-0.3, -0.25) is 9.48 Å². The second kappa shape index (κ2) is 5.72. The lowest BCUT2D eigenvalue weighted by Crippen LogP contribution is -2.37. The molecule has 1 aromatic carbocycles. The number of fused-ring (bicyclic) bond motifs is 1. The number of aromatic amines is 1. The minimum absolute atomic E-state index is 0.204. The number of amides is 1. The largest absolute Gasteiger partial charge is 0.370 e. The van der Waals surface area contributed by atoms with Crippen molar-refractivity contribution in [2.24, 2.45) is 7.05 Å². The molecule has 7 nitrogen and oxygen atoms in total. The number of ether oxygens (including phenoxy) is 1. The van der Waals surface area contributed by atoms with Gasteiger partial charge in [0.15, 0.2) is 0 Å². The first-order valence-corrected chi connectivity index (χ1v) is 7.66. The summed E-state index contributed by atoms with van der Waals surface area (Å²) in [5.74, 6) is -0.850. The Morgan fingerprint density at radius 2 is 2.38 bits per heavy atom. The van der Waals surface area contributed by atoms with Crippen molar-refractivity contribution in [1.82, 2.24) is 25.1 Å². The molecule has 8 heteroatoms. The van der Waals surface area contributed by atoms with Gasteiger partial charge in [-0.25, -0.2) is 9.37 Å². The molecule has 1 amide bonds. The van der Waals surface area contributed by atoms with Gasteiger partial charge in [0, 0.05) is 19.9 Å². The summed E-state index contributed by atoms with van der Waals surface area (Å²) >= 11 is 0. The number of carbonyl (C=O) groups is 1. The van der Waals surface area contributed by atoms with Crippen molar-refractivity contribution in [2.45, 2.75) is 18.6 Å². The molecule has 1 fully saturated rings. The minimum Gasteiger partial charge on any atom is -0.370 e. The van der Waals surface area contributed by atoms with E-state index in [0.717, 1.165) is 5.69 Å². The van der Waals surface area contributed by atoms with Crippen LogP contribution in [0.1, 0.15) is 28.6 Å². The second-order valence-corrected chi connectivity index (χ2v) is 5.79. The zero-order valence-electron chi connectivity index (χ0n) is 13.0. The standard InChI is InChI=1S/C16H16FN5O2/c1-22-13(2-4-20-22)15-11(3-5-24-15)21-16(23)10-6-9(17)7-12-14(10)19-8-18-12/h2,4,6-8,11,15H,3,5H2,1H3,(H,18,19)(H,21,23)/t11-,15-/m0/s1. The number of hydrogen-bond donors (Lipinski definition) is 2. The normalized spacial score (nSPS) is 20.6. The van der Waals surface area contributed by atoms with Crippen molar-refractivity contribution in [3.8, 4) is 0 Å². The van der Waals surface area contributed by atoms with Crippen LogP contribution in [0.4, 0.5) is 4.39 Å². The fourth-order valence-electron chi connectivity index (χ4n) is 3.13. The van der Waals surface area contributed by atoms with Gasteiger partial charge >= 0.3 is 0 Å². The average molecular weight is 329 g/mol. The van der Waals surface area contributed by atoms with E-state index in [0.29, 0.717) is 24.1 Å². The van der Waals surface area contributed by atoms with Crippen molar-refractivity contribution in [2.75, 3.05) is 6.61 Å². The Hall–Kier alpha value is -2.74. The van der Waals surface area contributed by atoms with Crippen molar-refractivity contribution in [3.05, 3.63) is 47.8 Å². The molecular weight excluding hydrogens is 313 g/mol. The van der Waals surface area contributed by atoms with Crippen molar-refractivity contribution in [3.63, 3.8) is 0 Å². The molecule has 0 spiro atoms. The zero-order valence-corrected chi connectivity index (χ0v) is 13.0. The van der Waals surface area contributed by atoms with Crippen LogP contribution in [0.25, 0.3) is 11.0 Å². The molecule has 3 heterocycles. The van der Waals surface area contributed by atoms with E-state index in [1.807, 2.05) is 13.1 Å². The van der Waals surface area contributed by atoms with E-state index in [1.165, 1.54) is 18.5 Å². The quantitative estimate of drug-likeness (QED) is 0.766. The topological polar surface area (TPSA) is 84.8 Å². The number of nitrogens with zero attached hydrogens (tertiary/aromatic N) is 3. The first-order chi connectivity index (χ1) is 11.6. The Balaban J connectivity index is 1.61. The number of halogens is 1. The molecule has 0 radical (unpaired) electrons. The molecule has 1 aliphatic rings. The number of nitrogens with one attached hydrogen (secondary N) is 2. The number of aryl methyl sites for hydroxylation is 1. The maximum Gasteiger partial charge on any atom is 0.253 e. The van der Waals surface area contributed by atoms with Gasteiger partial charge in [0.25, 0.3) is 5.91 Å². The third-order valence-electron chi connectivity index (χ3n) is 4.29. The first kappa shape index (κ1) is 14.8. The van der Waals surface area contributed by atoms with Crippen molar-refractivity contribution < 1.29 is 13.9 Å². The maximum atomic E-state index is 13.7. The molecule has 4 rings (SSSR count). The van der Waals surface area contributed by atoms with Gasteiger partial charge in [-0.05, 0) is 24.6 Å². The Labute approximate surface area is 136 Å². The van der Waals surface area contributed by atoms with Crippen LogP contribution in [-0.4, -0.2) is 38.3 Å². The van der Waals surface area contributed by atoms with E-state index in [4.69, 9.17) is 4.74 Å². The van der Waals surface area contributed by atoms with Gasteiger partial charge in [-0.1, -0.05) is 0 Å². The number of rotatable bonds is 3. The minimum atomic E-state index is -0.484. The molecule has 24 heavy (non-hydrogen) atoms. The molecule has 1 saturated heterocycles. The van der Waals surface area contributed by atoms with Crippen LogP contribution in [0.5, 0.6) is 0 Å². The predicted molar refractivity (Wildman–Crippen MR) is 83.8 cm³/mol. The smallest absolute Gasteiger partial charge is 0.253 e. The highest BCUT2D eigenvalue weighted by Gasteiger charge is 2.33. The molecule has 124 valence electrons. The second-order valence-electron chi connectivity index (χ2n) is 5.79. The summed E-state index contributed by atoms with van der Waals surface area (Å²) in [6, 6.07) is 4.18. The highest BCUT2D eigenvalue weighted by Crippen LogP contribution is 2.29. The van der Waals surface area contributed by atoms with Crippen molar-refractivity contribution >= 4 is 16.9 Å². The van der Waals surface area contributed by atoms with E-state index < -0.39 is 5.82 Å². The summed E-state index contributed by atoms with van der Waals surface area (Å²) in [5.41, 5.74) is 2.04. The number of carbonyl (C=O) groups excluding carboxylic acids is 1. The third kappa shape index (κ3) is 2.44. The fraction of sp³-hybridized carbons (Fsp3) is 0.312. The Bertz CT molecular complexity index is 903. The molecule has 0 bridgehead atoms. The number of aromatic nitrogens is 4. The molecule has 0 aliphatic carbocycles. The number of hydrogen-bond acceptors (Lipinski definition) is 4. The molecular formula is C16H16FN5O2. The van der Waals surface area contributed by atoms with Crippen LogP contribution in [-0.2, 0) is 11.8 Å². The lowest BCUT2D eigenvalue weighted by molar-refractivity contribution is 0.0793. The van der Waals surface area contributed by atoms with Gasteiger partial charge in [0.1, 0.15) is 17.4 Å². The summed E-state index contributed by atoms with van der Waals surface area (Å²) in [5, 5.41) is 7.08. The van der Waals surface area contributed by atoms with Gasteiger partial charge in [-0.15, -0.1) is 0 Å². The summed E-state index contributed by atoms with van der Waals surface area (Å²) in [6.45, 7) is 0.543. The third-order valence-corrected chi connectivity index (χ3v) is 4.29. The van der Waals surface area contributed by atoms with E-state index in [9.17, 15) is 9.18 Å². The Morgan fingerprint density at radius 1 is 1.50 bits per heavy atom. The summed E-state index contributed by atoms with van der Waals surface area (Å²) in [7, 11) is 1.83. The molecule has 3 aromatic rings. The fourth-order valence-corrected chi connectivity index (χ4v) is 3.13. The number of H-pyrrole nitrogens is 1. The summed E-state index contributed by atoms with van der Waals surface area (Å²) < 4.78 is 21.2. The molecule has 0 unspecified atom stereocenters. The van der Waals surface area contributed by atoms with Crippen LogP contribution in [0.15, 0.2) is 30.7 Å². The Morgan fingerprint density at radius 3 is 3.17 bits per heavy atom. The summed E-state index contributed by atoms with van der Waals surface area (Å²) in [4.78, 5) is 19.6. The van der Waals surface area contributed by atoms with E-state index in [1.54, 1.807) is 10.9 Å². The monoisotopic (exact) mass is 329 g/mol. The maximum absolute atomic E-state index is 13.7. The molecule has 2 aromatic heterocycles. The Kier molecular flexibility index (Phi) is 3.53. The summed E-state index contributed by atoms with van der Waals surface area (Å²) in [6.07, 6.45) is 3.54. The van der Waals surface area contributed by atoms with E-state index in [-0.39, 0.29) is 23.6 Å². The molecule has 1 aliphatic heterocycles. The van der Waals surface area contributed by atoms with Gasteiger partial charge < -0.3 is 15.0 Å². The van der Waals surface area contributed by atoms with Gasteiger partial charge in [0.2, 0.25) is 0 Å². The molecule has 2 atom stereocenters. The van der Waals surface area contributed by atoms with Crippen LogP contribution >= 0.6 is 0 Å². The van der Waals surface area contributed by atoms with E-state index in [2.05, 4.69) is 20.4 Å².